The zero-order valence-electron chi connectivity index (χ0n) is 18.9. The van der Waals surface area contributed by atoms with Crippen molar-refractivity contribution in [2.24, 2.45) is 0 Å². The van der Waals surface area contributed by atoms with Crippen molar-refractivity contribution in [3.63, 3.8) is 0 Å². The number of urea groups is 1. The fourth-order valence-electron chi connectivity index (χ4n) is 4.31. The van der Waals surface area contributed by atoms with Gasteiger partial charge in [-0.3, -0.25) is 4.98 Å². The monoisotopic (exact) mass is 519 g/mol. The molecule has 0 bridgehead atoms. The van der Waals surface area contributed by atoms with Crippen molar-refractivity contribution < 1.29 is 4.79 Å². The van der Waals surface area contributed by atoms with Gasteiger partial charge in [0.2, 0.25) is 0 Å². The molecule has 34 heavy (non-hydrogen) atoms. The maximum absolute atomic E-state index is 13.0. The fourth-order valence-corrected chi connectivity index (χ4v) is 4.66. The zero-order chi connectivity index (χ0) is 23.5. The minimum atomic E-state index is -0.0724. The number of rotatable bonds is 5. The van der Waals surface area contributed by atoms with Crippen LogP contribution in [0.2, 0.25) is 0 Å². The van der Waals surface area contributed by atoms with Crippen LogP contribution in [0.5, 0.6) is 0 Å². The van der Waals surface area contributed by atoms with Crippen LogP contribution in [0.15, 0.2) is 65.5 Å². The van der Waals surface area contributed by atoms with Gasteiger partial charge in [-0.15, -0.1) is 0 Å². The highest BCUT2D eigenvalue weighted by molar-refractivity contribution is 9.10. The van der Waals surface area contributed by atoms with Crippen molar-refractivity contribution in [1.82, 2.24) is 24.5 Å². The van der Waals surface area contributed by atoms with E-state index in [0.29, 0.717) is 13.1 Å². The molecule has 3 aromatic heterocycles. The van der Waals surface area contributed by atoms with Gasteiger partial charge in [-0.05, 0) is 65.0 Å². The average molecular weight is 520 g/mol. The lowest BCUT2D eigenvalue weighted by molar-refractivity contribution is 0.192. The standard InChI is InChI=1S/C25H26BrN7O/c1-17-5-2-8-20(11-17)30-25(34)32-10-4-7-19(16-32)22-12-23(28-14-18-6-3-9-27-13-18)33-24(31-22)21(26)15-29-33/h2-3,5-6,8-9,11-13,15,19,28H,4,7,10,14,16H2,1H3,(H,30,34). The number of benzene rings is 1. The summed E-state index contributed by atoms with van der Waals surface area (Å²) < 4.78 is 2.64. The summed E-state index contributed by atoms with van der Waals surface area (Å²) in [4.78, 5) is 23.9. The molecule has 5 rings (SSSR count). The molecule has 0 aliphatic carbocycles. The van der Waals surface area contributed by atoms with Gasteiger partial charge in [0.05, 0.1) is 16.4 Å². The number of fused-ring (bicyclic) bond motifs is 1. The van der Waals surface area contributed by atoms with Crippen molar-refractivity contribution in [1.29, 1.82) is 0 Å². The lowest BCUT2D eigenvalue weighted by atomic mass is 9.94. The van der Waals surface area contributed by atoms with E-state index >= 15 is 0 Å². The Kier molecular flexibility index (Phi) is 6.44. The number of aromatic nitrogens is 4. The Balaban J connectivity index is 1.36. The van der Waals surface area contributed by atoms with Gasteiger partial charge >= 0.3 is 6.03 Å². The number of amides is 2. The van der Waals surface area contributed by atoms with Gasteiger partial charge in [-0.2, -0.15) is 9.61 Å². The molecule has 8 nitrogen and oxygen atoms in total. The van der Waals surface area contributed by atoms with Crippen LogP contribution < -0.4 is 10.6 Å². The summed E-state index contributed by atoms with van der Waals surface area (Å²) >= 11 is 3.58. The van der Waals surface area contributed by atoms with E-state index in [-0.39, 0.29) is 11.9 Å². The third-order valence-electron chi connectivity index (χ3n) is 6.04. The zero-order valence-corrected chi connectivity index (χ0v) is 20.5. The second-order valence-electron chi connectivity index (χ2n) is 8.59. The molecule has 1 aliphatic rings. The largest absolute Gasteiger partial charge is 0.366 e. The number of pyridine rings is 1. The summed E-state index contributed by atoms with van der Waals surface area (Å²) in [6, 6.07) is 13.8. The molecule has 1 saturated heterocycles. The minimum Gasteiger partial charge on any atom is -0.366 e. The summed E-state index contributed by atoms with van der Waals surface area (Å²) in [6.07, 6.45) is 7.27. The van der Waals surface area contributed by atoms with Gasteiger partial charge in [0.15, 0.2) is 5.65 Å². The van der Waals surface area contributed by atoms with Gasteiger partial charge in [0.25, 0.3) is 0 Å². The molecule has 1 fully saturated rings. The number of likely N-dealkylation sites (tertiary alicyclic amines) is 1. The third kappa shape index (κ3) is 4.89. The van der Waals surface area contributed by atoms with Gasteiger partial charge < -0.3 is 15.5 Å². The van der Waals surface area contributed by atoms with Crippen LogP contribution in [0.25, 0.3) is 5.65 Å². The van der Waals surface area contributed by atoms with Crippen LogP contribution in [-0.4, -0.2) is 43.6 Å². The van der Waals surface area contributed by atoms with Gasteiger partial charge in [0, 0.05) is 49.7 Å². The molecule has 1 aliphatic heterocycles. The number of carbonyl (C=O) groups is 1. The van der Waals surface area contributed by atoms with Gasteiger partial charge in [-0.1, -0.05) is 18.2 Å². The molecule has 1 unspecified atom stereocenters. The SMILES string of the molecule is Cc1cccc(NC(=O)N2CCCC(c3cc(NCc4cccnc4)n4ncc(Br)c4n3)C2)c1. The number of piperidine rings is 1. The summed E-state index contributed by atoms with van der Waals surface area (Å²) in [6.45, 7) is 4.00. The predicted molar refractivity (Wildman–Crippen MR) is 136 cm³/mol. The molecular formula is C25H26BrN7O. The molecule has 2 amide bonds. The van der Waals surface area contributed by atoms with E-state index in [0.717, 1.165) is 57.8 Å². The Morgan fingerprint density at radius 3 is 2.94 bits per heavy atom. The molecule has 0 radical (unpaired) electrons. The van der Waals surface area contributed by atoms with E-state index in [1.54, 1.807) is 16.9 Å². The molecule has 1 aromatic carbocycles. The van der Waals surface area contributed by atoms with E-state index in [1.807, 2.05) is 54.4 Å². The molecule has 0 saturated carbocycles. The Bertz CT molecular complexity index is 1310. The number of carbonyl (C=O) groups excluding carboxylic acids is 1. The molecule has 2 N–H and O–H groups in total. The van der Waals surface area contributed by atoms with Crippen LogP contribution in [0.4, 0.5) is 16.3 Å². The van der Waals surface area contributed by atoms with Crippen LogP contribution in [0.3, 0.4) is 0 Å². The maximum Gasteiger partial charge on any atom is 0.321 e. The number of aryl methyl sites for hydroxylation is 1. The van der Waals surface area contributed by atoms with Crippen molar-refractivity contribution in [2.45, 2.75) is 32.2 Å². The highest BCUT2D eigenvalue weighted by atomic mass is 79.9. The molecular weight excluding hydrogens is 494 g/mol. The maximum atomic E-state index is 13.0. The van der Waals surface area contributed by atoms with Crippen LogP contribution in [0.1, 0.15) is 35.6 Å². The van der Waals surface area contributed by atoms with Crippen molar-refractivity contribution >= 4 is 39.1 Å². The van der Waals surface area contributed by atoms with E-state index in [9.17, 15) is 4.79 Å². The second-order valence-corrected chi connectivity index (χ2v) is 9.45. The lowest BCUT2D eigenvalue weighted by Crippen LogP contribution is -2.41. The summed E-state index contributed by atoms with van der Waals surface area (Å²) in [7, 11) is 0. The fraction of sp³-hybridized carbons (Fsp3) is 0.280. The normalized spacial score (nSPS) is 15.9. The number of nitrogens with zero attached hydrogens (tertiary/aromatic N) is 5. The van der Waals surface area contributed by atoms with E-state index in [4.69, 9.17) is 4.98 Å². The Hall–Kier alpha value is -3.46. The van der Waals surface area contributed by atoms with E-state index in [1.165, 1.54) is 0 Å². The van der Waals surface area contributed by atoms with Gasteiger partial charge in [-0.25, -0.2) is 9.78 Å². The van der Waals surface area contributed by atoms with Crippen LogP contribution in [-0.2, 0) is 6.54 Å². The first-order valence-corrected chi connectivity index (χ1v) is 12.2. The topological polar surface area (TPSA) is 87.5 Å². The number of nitrogens with one attached hydrogen (secondary N) is 2. The Morgan fingerprint density at radius 1 is 1.21 bits per heavy atom. The number of halogens is 1. The third-order valence-corrected chi connectivity index (χ3v) is 6.60. The van der Waals surface area contributed by atoms with Gasteiger partial charge in [0.1, 0.15) is 5.82 Å². The minimum absolute atomic E-state index is 0.0724. The number of hydrogen-bond acceptors (Lipinski definition) is 5. The first-order valence-electron chi connectivity index (χ1n) is 11.4. The predicted octanol–water partition coefficient (Wildman–Crippen LogP) is 5.22. The molecule has 1 atom stereocenters. The molecule has 9 heteroatoms. The molecule has 0 spiro atoms. The van der Waals surface area contributed by atoms with Crippen molar-refractivity contribution in [3.05, 3.63) is 82.3 Å². The molecule has 174 valence electrons. The van der Waals surface area contributed by atoms with Crippen LogP contribution >= 0.6 is 15.9 Å². The summed E-state index contributed by atoms with van der Waals surface area (Å²) in [5.74, 6) is 0.999. The van der Waals surface area contributed by atoms with E-state index in [2.05, 4.69) is 42.7 Å². The summed E-state index contributed by atoms with van der Waals surface area (Å²) in [5.41, 5.74) is 4.72. The van der Waals surface area contributed by atoms with E-state index < -0.39 is 0 Å². The quantitative estimate of drug-likeness (QED) is 0.377. The highest BCUT2D eigenvalue weighted by Crippen LogP contribution is 2.30. The smallest absolute Gasteiger partial charge is 0.321 e. The molecule has 4 aromatic rings. The molecule has 4 heterocycles. The van der Waals surface area contributed by atoms with Crippen LogP contribution in [0, 0.1) is 6.92 Å². The number of hydrogen-bond donors (Lipinski definition) is 2. The first kappa shape index (κ1) is 22.3. The first-order chi connectivity index (χ1) is 16.6. The highest BCUT2D eigenvalue weighted by Gasteiger charge is 2.27. The van der Waals surface area contributed by atoms with Crippen molar-refractivity contribution in [3.8, 4) is 0 Å². The second kappa shape index (κ2) is 9.80. The average Bonchev–Trinajstić information content (AvgIpc) is 3.24. The lowest BCUT2D eigenvalue weighted by Gasteiger charge is -2.32. The van der Waals surface area contributed by atoms with Crippen molar-refractivity contribution in [2.75, 3.05) is 23.7 Å². The Morgan fingerprint density at radius 2 is 2.12 bits per heavy atom. The Labute approximate surface area is 206 Å². The summed E-state index contributed by atoms with van der Waals surface area (Å²) in [5, 5.41) is 11.0. The number of anilines is 2.